The molecule has 0 saturated carbocycles. The minimum atomic E-state index is -1.76. The second-order valence-electron chi connectivity index (χ2n) is 4.97. The SMILES string of the molecule is O=C(O)C1O[C@H](OCC(CO)(CBr)CBr)[C@H](O)[C@H](O)[C@H]1O. The molecule has 1 heterocycles. The molecule has 10 heteroatoms. The van der Waals surface area contributed by atoms with Crippen molar-refractivity contribution in [3.05, 3.63) is 0 Å². The molecule has 0 aromatic heterocycles. The topological polar surface area (TPSA) is 137 Å². The van der Waals surface area contributed by atoms with Crippen molar-refractivity contribution in [2.45, 2.75) is 30.7 Å². The molecule has 0 bridgehead atoms. The van der Waals surface area contributed by atoms with E-state index in [9.17, 15) is 25.2 Å². The van der Waals surface area contributed by atoms with E-state index in [1.807, 2.05) is 0 Å². The molecule has 0 aliphatic carbocycles. The highest BCUT2D eigenvalue weighted by molar-refractivity contribution is 9.09. The Bertz CT molecular complexity index is 343. The minimum absolute atomic E-state index is 0.0586. The molecule has 1 unspecified atom stereocenters. The monoisotopic (exact) mass is 436 g/mol. The fourth-order valence-electron chi connectivity index (χ4n) is 1.69. The van der Waals surface area contributed by atoms with E-state index < -0.39 is 42.1 Å². The van der Waals surface area contributed by atoms with Crippen LogP contribution in [-0.4, -0.2) is 86.1 Å². The average molecular weight is 438 g/mol. The third-order valence-corrected chi connectivity index (χ3v) is 5.65. The van der Waals surface area contributed by atoms with Crippen molar-refractivity contribution >= 4 is 37.8 Å². The van der Waals surface area contributed by atoms with Crippen molar-refractivity contribution in [2.75, 3.05) is 23.9 Å². The van der Waals surface area contributed by atoms with Crippen LogP contribution in [0.5, 0.6) is 0 Å². The molecule has 8 nitrogen and oxygen atoms in total. The van der Waals surface area contributed by atoms with Crippen molar-refractivity contribution in [3.8, 4) is 0 Å². The van der Waals surface area contributed by atoms with E-state index in [1.54, 1.807) is 0 Å². The molecule has 1 rings (SSSR count). The lowest BCUT2D eigenvalue weighted by Gasteiger charge is -2.40. The van der Waals surface area contributed by atoms with Gasteiger partial charge in [-0.2, -0.15) is 0 Å². The third-order valence-electron chi connectivity index (χ3n) is 3.27. The zero-order chi connectivity index (χ0) is 16.2. The Morgan fingerprint density at radius 2 is 1.71 bits per heavy atom. The Labute approximate surface area is 137 Å². The second kappa shape index (κ2) is 8.16. The van der Waals surface area contributed by atoms with Crippen LogP contribution in [0.4, 0.5) is 0 Å². The number of aliphatic hydroxyl groups excluding tert-OH is 4. The van der Waals surface area contributed by atoms with Gasteiger partial charge in [0.05, 0.1) is 13.2 Å². The highest BCUT2D eigenvalue weighted by atomic mass is 79.9. The number of carboxylic acid groups (broad SMARTS) is 1. The summed E-state index contributed by atoms with van der Waals surface area (Å²) >= 11 is 6.47. The Hall–Kier alpha value is 0.190. The van der Waals surface area contributed by atoms with Crippen molar-refractivity contribution < 1.29 is 39.8 Å². The fourth-order valence-corrected chi connectivity index (χ4v) is 3.30. The van der Waals surface area contributed by atoms with Gasteiger partial charge in [0.1, 0.15) is 18.3 Å². The van der Waals surface area contributed by atoms with Crippen LogP contribution in [0, 0.1) is 5.41 Å². The molecular formula is C11H18Br2O8. The molecule has 0 amide bonds. The van der Waals surface area contributed by atoms with E-state index in [2.05, 4.69) is 31.9 Å². The van der Waals surface area contributed by atoms with E-state index in [-0.39, 0.29) is 13.2 Å². The Kier molecular flexibility index (Phi) is 7.47. The summed E-state index contributed by atoms with van der Waals surface area (Å²) in [6.07, 6.45) is -8.19. The largest absolute Gasteiger partial charge is 0.479 e. The maximum Gasteiger partial charge on any atom is 0.335 e. The molecule has 5 N–H and O–H groups in total. The van der Waals surface area contributed by atoms with Crippen LogP contribution < -0.4 is 0 Å². The normalized spacial score (nSPS) is 33.9. The number of rotatable bonds is 7. The summed E-state index contributed by atoms with van der Waals surface area (Å²) in [7, 11) is 0. The smallest absolute Gasteiger partial charge is 0.335 e. The molecule has 1 aliphatic heterocycles. The molecule has 1 aliphatic rings. The van der Waals surface area contributed by atoms with Gasteiger partial charge in [0.15, 0.2) is 12.4 Å². The first kappa shape index (κ1) is 19.2. The van der Waals surface area contributed by atoms with Crippen LogP contribution in [0.25, 0.3) is 0 Å². The highest BCUT2D eigenvalue weighted by Gasteiger charge is 2.48. The number of alkyl halides is 2. The average Bonchev–Trinajstić information content (AvgIpc) is 2.48. The lowest BCUT2D eigenvalue weighted by Crippen LogP contribution is -2.60. The van der Waals surface area contributed by atoms with Crippen LogP contribution >= 0.6 is 31.9 Å². The summed E-state index contributed by atoms with van der Waals surface area (Å²) < 4.78 is 10.3. The van der Waals surface area contributed by atoms with Crippen LogP contribution in [0.1, 0.15) is 0 Å². The van der Waals surface area contributed by atoms with Gasteiger partial charge in [0, 0.05) is 16.1 Å². The first-order valence-corrected chi connectivity index (χ1v) is 8.33. The molecule has 0 spiro atoms. The van der Waals surface area contributed by atoms with Gasteiger partial charge in [-0.25, -0.2) is 4.79 Å². The lowest BCUT2D eigenvalue weighted by molar-refractivity contribution is -0.298. The Balaban J connectivity index is 2.75. The predicted molar refractivity (Wildman–Crippen MR) is 77.4 cm³/mol. The maximum absolute atomic E-state index is 10.9. The van der Waals surface area contributed by atoms with Gasteiger partial charge in [-0.1, -0.05) is 31.9 Å². The molecule has 1 fully saturated rings. The zero-order valence-electron chi connectivity index (χ0n) is 10.9. The molecule has 21 heavy (non-hydrogen) atoms. The van der Waals surface area contributed by atoms with Crippen molar-refractivity contribution in [1.82, 2.24) is 0 Å². The molecule has 0 aromatic carbocycles. The van der Waals surface area contributed by atoms with Crippen LogP contribution in [0.15, 0.2) is 0 Å². The number of carbonyl (C=O) groups is 1. The quantitative estimate of drug-likeness (QED) is 0.309. The Morgan fingerprint density at radius 1 is 1.14 bits per heavy atom. The highest BCUT2D eigenvalue weighted by Crippen LogP contribution is 2.27. The molecule has 1 saturated heterocycles. The number of hydrogen-bond acceptors (Lipinski definition) is 7. The molecule has 124 valence electrons. The standard InChI is InChI=1S/C11H18Br2O8/c12-1-11(2-13,3-14)4-20-10-7(17)5(15)6(16)8(21-10)9(18)19/h5-8,10,14-17H,1-4H2,(H,18,19)/t5-,6-,7-,8?,10+/m1/s1. The summed E-state index contributed by atoms with van der Waals surface area (Å²) in [4.78, 5) is 10.9. The molecule has 5 atom stereocenters. The predicted octanol–water partition coefficient (Wildman–Crippen LogP) is -1.34. The first-order valence-electron chi connectivity index (χ1n) is 6.09. The fraction of sp³-hybridized carbons (Fsp3) is 0.909. The van der Waals surface area contributed by atoms with E-state index in [4.69, 9.17) is 14.6 Å². The van der Waals surface area contributed by atoms with Gasteiger partial charge in [0.25, 0.3) is 0 Å². The van der Waals surface area contributed by atoms with Gasteiger partial charge >= 0.3 is 5.97 Å². The van der Waals surface area contributed by atoms with Crippen molar-refractivity contribution in [2.24, 2.45) is 5.41 Å². The molecular weight excluding hydrogens is 420 g/mol. The zero-order valence-corrected chi connectivity index (χ0v) is 14.1. The number of aliphatic carboxylic acids is 1. The number of ether oxygens (including phenoxy) is 2. The van der Waals surface area contributed by atoms with Crippen LogP contribution in [-0.2, 0) is 14.3 Å². The van der Waals surface area contributed by atoms with Gasteiger partial charge in [-0.3, -0.25) is 0 Å². The Morgan fingerprint density at radius 3 is 2.14 bits per heavy atom. The number of halogens is 2. The first-order chi connectivity index (χ1) is 9.81. The van der Waals surface area contributed by atoms with Gasteiger partial charge in [0.2, 0.25) is 0 Å². The van der Waals surface area contributed by atoms with Crippen LogP contribution in [0.3, 0.4) is 0 Å². The van der Waals surface area contributed by atoms with E-state index in [0.29, 0.717) is 10.7 Å². The van der Waals surface area contributed by atoms with Crippen LogP contribution in [0.2, 0.25) is 0 Å². The van der Waals surface area contributed by atoms with Gasteiger partial charge in [-0.15, -0.1) is 0 Å². The molecule has 0 radical (unpaired) electrons. The van der Waals surface area contributed by atoms with Crippen molar-refractivity contribution in [1.29, 1.82) is 0 Å². The second-order valence-corrected chi connectivity index (χ2v) is 6.09. The summed E-state index contributed by atoms with van der Waals surface area (Å²) in [5.41, 5.74) is -0.692. The van der Waals surface area contributed by atoms with Gasteiger partial charge in [-0.05, 0) is 0 Å². The van der Waals surface area contributed by atoms with E-state index >= 15 is 0 Å². The number of hydrogen-bond donors (Lipinski definition) is 5. The van der Waals surface area contributed by atoms with E-state index in [1.165, 1.54) is 0 Å². The van der Waals surface area contributed by atoms with E-state index in [0.717, 1.165) is 0 Å². The maximum atomic E-state index is 10.9. The third kappa shape index (κ3) is 4.35. The van der Waals surface area contributed by atoms with Crippen molar-refractivity contribution in [3.63, 3.8) is 0 Å². The summed E-state index contributed by atoms with van der Waals surface area (Å²) in [6, 6.07) is 0. The number of aliphatic hydroxyl groups is 4. The number of carboxylic acids is 1. The summed E-state index contributed by atoms with van der Waals surface area (Å²) in [5, 5.41) is 48.0. The minimum Gasteiger partial charge on any atom is -0.479 e. The summed E-state index contributed by atoms with van der Waals surface area (Å²) in [5.74, 6) is -1.48. The lowest BCUT2D eigenvalue weighted by atomic mass is 9.95. The summed E-state index contributed by atoms with van der Waals surface area (Å²) in [6.45, 7) is -0.281. The van der Waals surface area contributed by atoms with Gasteiger partial charge < -0.3 is 35.0 Å². The molecule has 0 aromatic rings.